The molecule has 0 aliphatic carbocycles. The summed E-state index contributed by atoms with van der Waals surface area (Å²) in [5.74, 6) is -0.878. The van der Waals surface area contributed by atoms with Crippen molar-refractivity contribution in [2.45, 2.75) is 13.5 Å². The third kappa shape index (κ3) is 6.23. The van der Waals surface area contributed by atoms with Gasteiger partial charge in [-0.3, -0.25) is 9.69 Å². The van der Waals surface area contributed by atoms with Crippen LogP contribution in [0.1, 0.15) is 18.1 Å². The van der Waals surface area contributed by atoms with Crippen LogP contribution < -0.4 is 0 Å². The van der Waals surface area contributed by atoms with E-state index in [-0.39, 0.29) is 5.91 Å². The maximum atomic E-state index is 11.7. The highest BCUT2D eigenvalue weighted by molar-refractivity contribution is 5.85. The Bertz CT molecular complexity index is 507. The molecule has 0 heterocycles. The molecule has 0 saturated carbocycles. The summed E-state index contributed by atoms with van der Waals surface area (Å²) >= 11 is 0. The van der Waals surface area contributed by atoms with Crippen LogP contribution in [0, 0.1) is 0 Å². The molecule has 1 rings (SSSR count). The molecule has 5 nitrogen and oxygen atoms in total. The Kier molecular flexibility index (Phi) is 6.62. The number of hydrogen-bond donors (Lipinski definition) is 1. The number of carboxylic acids is 1. The summed E-state index contributed by atoms with van der Waals surface area (Å²) in [5, 5.41) is 8.58. The highest BCUT2D eigenvalue weighted by Gasteiger charge is 2.10. The molecular formula is C16H22N2O3. The van der Waals surface area contributed by atoms with Crippen molar-refractivity contribution in [2.75, 3.05) is 27.2 Å². The lowest BCUT2D eigenvalue weighted by Gasteiger charge is -2.22. The molecule has 5 heteroatoms. The highest BCUT2D eigenvalue weighted by atomic mass is 16.4. The smallest absolute Gasteiger partial charge is 0.328 e. The molecule has 0 spiro atoms. The standard InChI is InChI=1S/C16H22N2O3/c1-4-18(12-15(19)17(2)3)11-14-7-5-13(6-8-14)9-10-16(20)21/h5-10H,4,11-12H2,1-3H3,(H,20,21). The topological polar surface area (TPSA) is 60.9 Å². The molecule has 1 aromatic carbocycles. The summed E-state index contributed by atoms with van der Waals surface area (Å²) in [6, 6.07) is 7.64. The molecule has 0 saturated heterocycles. The van der Waals surface area contributed by atoms with Crippen LogP contribution in [0.25, 0.3) is 6.08 Å². The summed E-state index contributed by atoms with van der Waals surface area (Å²) in [7, 11) is 3.50. The molecule has 0 radical (unpaired) electrons. The number of carbonyl (C=O) groups is 2. The van der Waals surface area contributed by atoms with Gasteiger partial charge in [0.05, 0.1) is 6.54 Å². The van der Waals surface area contributed by atoms with Crippen LogP contribution in [0.5, 0.6) is 0 Å². The highest BCUT2D eigenvalue weighted by Crippen LogP contribution is 2.09. The quantitative estimate of drug-likeness (QED) is 0.776. The minimum Gasteiger partial charge on any atom is -0.478 e. The molecular weight excluding hydrogens is 268 g/mol. The Balaban J connectivity index is 2.64. The van der Waals surface area contributed by atoms with Gasteiger partial charge in [0.2, 0.25) is 5.91 Å². The van der Waals surface area contributed by atoms with Gasteiger partial charge in [-0.1, -0.05) is 31.2 Å². The first kappa shape index (κ1) is 16.9. The first-order chi connectivity index (χ1) is 9.92. The second-order valence-corrected chi connectivity index (χ2v) is 5.00. The van der Waals surface area contributed by atoms with Crippen molar-refractivity contribution in [3.05, 3.63) is 41.5 Å². The summed E-state index contributed by atoms with van der Waals surface area (Å²) in [5.41, 5.74) is 1.93. The van der Waals surface area contributed by atoms with Crippen LogP contribution in [0.4, 0.5) is 0 Å². The predicted octanol–water partition coefficient (Wildman–Crippen LogP) is 1.69. The lowest BCUT2D eigenvalue weighted by molar-refractivity contribution is -0.131. The van der Waals surface area contributed by atoms with Crippen molar-refractivity contribution in [3.8, 4) is 0 Å². The zero-order valence-electron chi connectivity index (χ0n) is 12.7. The number of carboxylic acid groups (broad SMARTS) is 1. The first-order valence-electron chi connectivity index (χ1n) is 6.84. The van der Waals surface area contributed by atoms with Gasteiger partial charge in [-0.25, -0.2) is 4.79 Å². The molecule has 0 bridgehead atoms. The van der Waals surface area contributed by atoms with E-state index >= 15 is 0 Å². The maximum absolute atomic E-state index is 11.7. The normalized spacial score (nSPS) is 11.0. The number of likely N-dealkylation sites (N-methyl/N-ethyl adjacent to an activating group) is 2. The van der Waals surface area contributed by atoms with Crippen LogP contribution in [-0.4, -0.2) is 54.0 Å². The summed E-state index contributed by atoms with van der Waals surface area (Å²) in [4.78, 5) is 25.8. The lowest BCUT2D eigenvalue weighted by Crippen LogP contribution is -2.36. The van der Waals surface area contributed by atoms with E-state index in [1.165, 1.54) is 0 Å². The van der Waals surface area contributed by atoms with Crippen molar-refractivity contribution < 1.29 is 14.7 Å². The van der Waals surface area contributed by atoms with Crippen LogP contribution >= 0.6 is 0 Å². The number of amides is 1. The van der Waals surface area contributed by atoms with E-state index < -0.39 is 5.97 Å². The van der Waals surface area contributed by atoms with Gasteiger partial charge in [0.1, 0.15) is 0 Å². The average Bonchev–Trinajstić information content (AvgIpc) is 2.45. The Morgan fingerprint density at radius 3 is 2.29 bits per heavy atom. The van der Waals surface area contributed by atoms with Crippen LogP contribution in [-0.2, 0) is 16.1 Å². The Hall–Kier alpha value is -2.14. The molecule has 0 aliphatic rings. The number of hydrogen-bond acceptors (Lipinski definition) is 3. The maximum Gasteiger partial charge on any atom is 0.328 e. The molecule has 0 aliphatic heterocycles. The molecule has 1 N–H and O–H groups in total. The number of benzene rings is 1. The van der Waals surface area contributed by atoms with E-state index in [0.717, 1.165) is 23.7 Å². The van der Waals surface area contributed by atoms with Crippen molar-refractivity contribution in [2.24, 2.45) is 0 Å². The third-order valence-corrected chi connectivity index (χ3v) is 3.11. The number of nitrogens with zero attached hydrogens (tertiary/aromatic N) is 2. The molecule has 0 unspecified atom stereocenters. The fourth-order valence-electron chi connectivity index (χ4n) is 1.77. The summed E-state index contributed by atoms with van der Waals surface area (Å²) < 4.78 is 0. The van der Waals surface area contributed by atoms with E-state index in [1.807, 2.05) is 31.2 Å². The van der Waals surface area contributed by atoms with Gasteiger partial charge in [0.15, 0.2) is 0 Å². The SMILES string of the molecule is CCN(CC(=O)N(C)C)Cc1ccc(C=CC(=O)O)cc1. The van der Waals surface area contributed by atoms with Gasteiger partial charge in [-0.05, 0) is 23.7 Å². The molecule has 21 heavy (non-hydrogen) atoms. The minimum atomic E-state index is -0.960. The zero-order valence-corrected chi connectivity index (χ0v) is 12.7. The molecule has 0 fully saturated rings. The first-order valence-corrected chi connectivity index (χ1v) is 6.84. The largest absolute Gasteiger partial charge is 0.478 e. The summed E-state index contributed by atoms with van der Waals surface area (Å²) in [6.07, 6.45) is 2.67. The van der Waals surface area contributed by atoms with Gasteiger partial charge in [0.25, 0.3) is 0 Å². The number of carbonyl (C=O) groups excluding carboxylic acids is 1. The van der Waals surface area contributed by atoms with E-state index in [2.05, 4.69) is 4.90 Å². The number of rotatable bonds is 7. The van der Waals surface area contributed by atoms with Crippen molar-refractivity contribution in [1.82, 2.24) is 9.80 Å². The fourth-order valence-corrected chi connectivity index (χ4v) is 1.77. The Labute approximate surface area is 125 Å². The van der Waals surface area contributed by atoms with E-state index in [9.17, 15) is 9.59 Å². The van der Waals surface area contributed by atoms with E-state index in [0.29, 0.717) is 13.1 Å². The van der Waals surface area contributed by atoms with Crippen molar-refractivity contribution in [3.63, 3.8) is 0 Å². The molecule has 1 amide bonds. The van der Waals surface area contributed by atoms with E-state index in [1.54, 1.807) is 25.1 Å². The van der Waals surface area contributed by atoms with Gasteiger partial charge < -0.3 is 10.0 Å². The van der Waals surface area contributed by atoms with Crippen molar-refractivity contribution >= 4 is 18.0 Å². The lowest BCUT2D eigenvalue weighted by atomic mass is 10.1. The van der Waals surface area contributed by atoms with Crippen LogP contribution in [0.15, 0.2) is 30.3 Å². The Morgan fingerprint density at radius 2 is 1.81 bits per heavy atom. The van der Waals surface area contributed by atoms with Crippen LogP contribution in [0.2, 0.25) is 0 Å². The Morgan fingerprint density at radius 1 is 1.19 bits per heavy atom. The van der Waals surface area contributed by atoms with Gasteiger partial charge in [-0.15, -0.1) is 0 Å². The number of aliphatic carboxylic acids is 1. The molecule has 1 aromatic rings. The zero-order chi connectivity index (χ0) is 15.8. The molecule has 0 aromatic heterocycles. The van der Waals surface area contributed by atoms with Gasteiger partial charge in [-0.2, -0.15) is 0 Å². The van der Waals surface area contributed by atoms with Gasteiger partial charge in [0, 0.05) is 26.7 Å². The summed E-state index contributed by atoms with van der Waals surface area (Å²) in [6.45, 7) is 3.90. The third-order valence-electron chi connectivity index (χ3n) is 3.11. The van der Waals surface area contributed by atoms with Gasteiger partial charge >= 0.3 is 5.97 Å². The second kappa shape index (κ2) is 8.21. The average molecular weight is 290 g/mol. The van der Waals surface area contributed by atoms with Crippen LogP contribution in [0.3, 0.4) is 0 Å². The minimum absolute atomic E-state index is 0.0814. The second-order valence-electron chi connectivity index (χ2n) is 5.00. The van der Waals surface area contributed by atoms with Crippen molar-refractivity contribution in [1.29, 1.82) is 0 Å². The fraction of sp³-hybridized carbons (Fsp3) is 0.375. The monoisotopic (exact) mass is 290 g/mol. The molecule has 0 atom stereocenters. The predicted molar refractivity (Wildman–Crippen MR) is 82.8 cm³/mol. The molecule has 114 valence electrons. The van der Waals surface area contributed by atoms with E-state index in [4.69, 9.17) is 5.11 Å².